The van der Waals surface area contributed by atoms with Crippen molar-refractivity contribution in [3.8, 4) is 11.5 Å². The van der Waals surface area contributed by atoms with E-state index in [9.17, 15) is 18.0 Å². The van der Waals surface area contributed by atoms with Crippen LogP contribution in [0.5, 0.6) is 11.5 Å². The zero-order chi connectivity index (χ0) is 23.3. The lowest BCUT2D eigenvalue weighted by molar-refractivity contribution is 0.0776. The van der Waals surface area contributed by atoms with E-state index in [4.69, 9.17) is 9.47 Å². The lowest BCUT2D eigenvalue weighted by atomic mass is 10.1. The van der Waals surface area contributed by atoms with Gasteiger partial charge in [-0.3, -0.25) is 9.59 Å². The van der Waals surface area contributed by atoms with Crippen molar-refractivity contribution in [2.75, 3.05) is 13.2 Å². The molecule has 0 N–H and O–H groups in total. The van der Waals surface area contributed by atoms with Crippen molar-refractivity contribution in [3.05, 3.63) is 77.1 Å². The number of nitrogens with zero attached hydrogens (tertiary/aromatic N) is 2. The fourth-order valence-corrected chi connectivity index (χ4v) is 5.85. The highest BCUT2D eigenvalue weighted by atomic mass is 32.2. The summed E-state index contributed by atoms with van der Waals surface area (Å²) in [6.45, 7) is 3.96. The van der Waals surface area contributed by atoms with E-state index in [1.807, 2.05) is 35.8 Å². The van der Waals surface area contributed by atoms with Crippen molar-refractivity contribution >= 4 is 21.7 Å². The van der Waals surface area contributed by atoms with Crippen molar-refractivity contribution < 1.29 is 27.5 Å². The molecule has 0 saturated heterocycles. The Bertz CT molecular complexity index is 1390. The monoisotopic (exact) mass is 466 g/mol. The summed E-state index contributed by atoms with van der Waals surface area (Å²) in [5.74, 6) is 0.248. The molecule has 1 atom stereocenters. The van der Waals surface area contributed by atoms with Crippen molar-refractivity contribution in [2.45, 2.75) is 31.4 Å². The minimum Gasteiger partial charge on any atom is -0.486 e. The smallest absolute Gasteiger partial charge is 0.269 e. The molecule has 33 heavy (non-hydrogen) atoms. The number of Topliss-reactive ketones (excluding diaryl/α,β-unsaturated/α-hetero) is 1. The molecule has 9 heteroatoms. The minimum atomic E-state index is -4.05. The van der Waals surface area contributed by atoms with Gasteiger partial charge in [0.05, 0.1) is 12.1 Å². The third-order valence-electron chi connectivity index (χ3n) is 6.03. The van der Waals surface area contributed by atoms with Crippen LogP contribution in [0.3, 0.4) is 0 Å². The first-order valence-corrected chi connectivity index (χ1v) is 12.0. The standard InChI is InChI=1S/C24H22N2O6S/c1-15-11-19(16(2)25(15)12-17-14-31-21-8-4-5-9-22(21)32-17)20(27)13-26-24(28)18-7-3-6-10-23(18)33(26,29)30/h3-11,17H,12-14H2,1-2H3/t17-/m1/s1. The van der Waals surface area contributed by atoms with Gasteiger partial charge in [-0.2, -0.15) is 0 Å². The van der Waals surface area contributed by atoms with E-state index in [0.717, 1.165) is 5.69 Å². The second-order valence-electron chi connectivity index (χ2n) is 8.13. The number of aromatic nitrogens is 1. The first-order valence-electron chi connectivity index (χ1n) is 10.5. The topological polar surface area (TPSA) is 94.9 Å². The molecular formula is C24H22N2O6S. The molecule has 1 amide bonds. The van der Waals surface area contributed by atoms with Gasteiger partial charge in [-0.25, -0.2) is 12.7 Å². The average Bonchev–Trinajstić information content (AvgIpc) is 3.19. The van der Waals surface area contributed by atoms with Crippen LogP contribution in [0.4, 0.5) is 0 Å². The van der Waals surface area contributed by atoms with Crippen LogP contribution in [-0.4, -0.2) is 48.2 Å². The van der Waals surface area contributed by atoms with Crippen LogP contribution in [0.25, 0.3) is 0 Å². The molecule has 0 aliphatic carbocycles. The number of ether oxygens (including phenoxy) is 2. The molecule has 0 bridgehead atoms. The summed E-state index contributed by atoms with van der Waals surface area (Å²) < 4.78 is 40.0. The third kappa shape index (κ3) is 3.48. The highest BCUT2D eigenvalue weighted by molar-refractivity contribution is 7.90. The Kier molecular flexibility index (Phi) is 5.01. The second kappa shape index (κ2) is 7.77. The minimum absolute atomic E-state index is 0.0667. The van der Waals surface area contributed by atoms with Crippen LogP contribution in [0.1, 0.15) is 32.1 Å². The van der Waals surface area contributed by atoms with Crippen molar-refractivity contribution in [1.29, 1.82) is 0 Å². The van der Waals surface area contributed by atoms with Gasteiger partial charge in [0, 0.05) is 17.0 Å². The second-order valence-corrected chi connectivity index (χ2v) is 9.96. The fourth-order valence-electron chi connectivity index (χ4n) is 4.32. The van der Waals surface area contributed by atoms with E-state index in [-0.39, 0.29) is 16.6 Å². The van der Waals surface area contributed by atoms with Crippen LogP contribution in [0.2, 0.25) is 0 Å². The maximum Gasteiger partial charge on any atom is 0.269 e. The Morgan fingerprint density at radius 1 is 1.06 bits per heavy atom. The van der Waals surface area contributed by atoms with E-state index in [2.05, 4.69) is 0 Å². The van der Waals surface area contributed by atoms with Gasteiger partial charge in [0.25, 0.3) is 15.9 Å². The number of ketones is 1. The number of hydrogen-bond acceptors (Lipinski definition) is 6. The normalized spacial score (nSPS) is 18.3. The summed E-state index contributed by atoms with van der Waals surface area (Å²) in [4.78, 5) is 25.7. The molecule has 2 aliphatic rings. The Labute approximate surface area is 191 Å². The summed E-state index contributed by atoms with van der Waals surface area (Å²) in [6.07, 6.45) is -0.248. The molecule has 0 saturated carbocycles. The number of benzene rings is 2. The third-order valence-corrected chi connectivity index (χ3v) is 7.81. The predicted molar refractivity (Wildman–Crippen MR) is 119 cm³/mol. The van der Waals surface area contributed by atoms with Gasteiger partial charge in [-0.15, -0.1) is 0 Å². The maximum absolute atomic E-state index is 13.1. The Balaban J connectivity index is 1.36. The number of carbonyl (C=O) groups excluding carboxylic acids is 2. The number of amides is 1. The largest absolute Gasteiger partial charge is 0.486 e. The van der Waals surface area contributed by atoms with Gasteiger partial charge >= 0.3 is 0 Å². The lowest BCUT2D eigenvalue weighted by Gasteiger charge is -2.27. The maximum atomic E-state index is 13.1. The first kappa shape index (κ1) is 21.3. The number of rotatable bonds is 5. The number of aryl methyl sites for hydroxylation is 1. The SMILES string of the molecule is Cc1cc(C(=O)CN2C(=O)c3ccccc3S2(=O)=O)c(C)n1C[C@@H]1COc2ccccc2O1. The van der Waals surface area contributed by atoms with E-state index in [0.29, 0.717) is 40.2 Å². The number of hydrogen-bond donors (Lipinski definition) is 0. The van der Waals surface area contributed by atoms with E-state index in [1.165, 1.54) is 12.1 Å². The first-order chi connectivity index (χ1) is 15.8. The van der Waals surface area contributed by atoms with Crippen molar-refractivity contribution in [2.24, 2.45) is 0 Å². The van der Waals surface area contributed by atoms with Crippen LogP contribution in [-0.2, 0) is 16.6 Å². The van der Waals surface area contributed by atoms with Gasteiger partial charge in [0.2, 0.25) is 0 Å². The van der Waals surface area contributed by atoms with Gasteiger partial charge < -0.3 is 14.0 Å². The van der Waals surface area contributed by atoms with Gasteiger partial charge in [0.1, 0.15) is 18.0 Å². The molecular weight excluding hydrogens is 444 g/mol. The number of sulfonamides is 1. The summed E-state index contributed by atoms with van der Waals surface area (Å²) >= 11 is 0. The Morgan fingerprint density at radius 2 is 1.76 bits per heavy atom. The highest BCUT2D eigenvalue weighted by Crippen LogP contribution is 2.32. The van der Waals surface area contributed by atoms with Crippen molar-refractivity contribution in [1.82, 2.24) is 8.87 Å². The summed E-state index contributed by atoms with van der Waals surface area (Å²) in [6, 6.07) is 15.1. The fraction of sp³-hybridized carbons (Fsp3) is 0.250. The summed E-state index contributed by atoms with van der Waals surface area (Å²) in [7, 11) is -4.05. The van der Waals surface area contributed by atoms with Crippen LogP contribution >= 0.6 is 0 Å². The quantitative estimate of drug-likeness (QED) is 0.537. The Morgan fingerprint density at radius 3 is 2.52 bits per heavy atom. The van der Waals surface area contributed by atoms with Gasteiger partial charge in [-0.1, -0.05) is 24.3 Å². The molecule has 3 aromatic rings. The predicted octanol–water partition coefficient (Wildman–Crippen LogP) is 2.97. The average molecular weight is 467 g/mol. The zero-order valence-corrected chi connectivity index (χ0v) is 19.0. The van der Waals surface area contributed by atoms with Crippen LogP contribution in [0, 0.1) is 13.8 Å². The van der Waals surface area contributed by atoms with Gasteiger partial charge in [0.15, 0.2) is 23.4 Å². The van der Waals surface area contributed by atoms with Crippen LogP contribution < -0.4 is 9.47 Å². The molecule has 0 radical (unpaired) electrons. The van der Waals surface area contributed by atoms with E-state index >= 15 is 0 Å². The van der Waals surface area contributed by atoms with E-state index in [1.54, 1.807) is 25.1 Å². The van der Waals surface area contributed by atoms with Crippen LogP contribution in [0.15, 0.2) is 59.5 Å². The summed E-state index contributed by atoms with van der Waals surface area (Å²) in [5, 5.41) is 0. The van der Waals surface area contributed by atoms with E-state index < -0.39 is 28.3 Å². The molecule has 2 aliphatic heterocycles. The molecule has 2 aromatic carbocycles. The molecule has 5 rings (SSSR count). The highest BCUT2D eigenvalue weighted by Gasteiger charge is 2.42. The number of fused-ring (bicyclic) bond motifs is 2. The van der Waals surface area contributed by atoms with Crippen molar-refractivity contribution in [3.63, 3.8) is 0 Å². The molecule has 170 valence electrons. The Hall–Kier alpha value is -3.59. The number of para-hydroxylation sites is 2. The van der Waals surface area contributed by atoms with Gasteiger partial charge in [-0.05, 0) is 44.2 Å². The molecule has 0 spiro atoms. The molecule has 3 heterocycles. The molecule has 8 nitrogen and oxygen atoms in total. The molecule has 0 fully saturated rings. The lowest BCUT2D eigenvalue weighted by Crippen LogP contribution is -2.35. The zero-order valence-electron chi connectivity index (χ0n) is 18.1. The number of carbonyl (C=O) groups is 2. The molecule has 0 unspecified atom stereocenters. The molecule has 1 aromatic heterocycles. The summed E-state index contributed by atoms with van der Waals surface area (Å²) in [5.41, 5.74) is 1.98.